The Morgan fingerprint density at radius 2 is 1.75 bits per heavy atom. The van der Waals surface area contributed by atoms with Gasteiger partial charge >= 0.3 is 0 Å². The predicted octanol–water partition coefficient (Wildman–Crippen LogP) is 3.37. The van der Waals surface area contributed by atoms with E-state index in [2.05, 4.69) is 22.6 Å². The van der Waals surface area contributed by atoms with Gasteiger partial charge in [0.05, 0.1) is 5.60 Å². The molecule has 3 heteroatoms. The van der Waals surface area contributed by atoms with Gasteiger partial charge in [0.2, 0.25) is 0 Å². The Balaban J connectivity index is 1.88. The summed E-state index contributed by atoms with van der Waals surface area (Å²) in [4.78, 5) is 0. The van der Waals surface area contributed by atoms with Crippen molar-refractivity contribution in [1.29, 1.82) is 0 Å². The van der Waals surface area contributed by atoms with E-state index in [-0.39, 0.29) is 0 Å². The van der Waals surface area contributed by atoms with Crippen molar-refractivity contribution in [3.8, 4) is 5.75 Å². The maximum atomic E-state index is 10.3. The van der Waals surface area contributed by atoms with Gasteiger partial charge in [0.1, 0.15) is 12.4 Å². The molecule has 88 valence electrons. The third kappa shape index (κ3) is 3.35. The highest BCUT2D eigenvalue weighted by atomic mass is 127. The zero-order chi connectivity index (χ0) is 11.4. The first-order valence-corrected chi connectivity index (χ1v) is 6.87. The van der Waals surface area contributed by atoms with Crippen LogP contribution >= 0.6 is 22.6 Å². The van der Waals surface area contributed by atoms with Crippen LogP contribution in [0.3, 0.4) is 0 Å². The molecule has 0 radical (unpaired) electrons. The molecule has 0 heterocycles. The first-order valence-electron chi connectivity index (χ1n) is 5.79. The van der Waals surface area contributed by atoms with E-state index in [1.807, 2.05) is 24.3 Å². The summed E-state index contributed by atoms with van der Waals surface area (Å²) in [6.07, 6.45) is 5.22. The summed E-state index contributed by atoms with van der Waals surface area (Å²) in [5.74, 6) is 0.847. The van der Waals surface area contributed by atoms with Crippen LogP contribution in [0, 0.1) is 3.57 Å². The monoisotopic (exact) mass is 332 g/mol. The summed E-state index contributed by atoms with van der Waals surface area (Å²) in [5, 5.41) is 10.3. The van der Waals surface area contributed by atoms with Crippen molar-refractivity contribution >= 4 is 22.6 Å². The molecule has 2 rings (SSSR count). The second-order valence-electron chi connectivity index (χ2n) is 4.53. The minimum atomic E-state index is -0.596. The normalized spacial score (nSPS) is 19.4. The molecule has 1 aromatic rings. The molecular weight excluding hydrogens is 315 g/mol. The van der Waals surface area contributed by atoms with E-state index in [4.69, 9.17) is 4.74 Å². The van der Waals surface area contributed by atoms with E-state index < -0.39 is 5.60 Å². The molecule has 0 spiro atoms. The molecule has 0 atom stereocenters. The number of rotatable bonds is 3. The lowest BCUT2D eigenvalue weighted by Crippen LogP contribution is -2.37. The largest absolute Gasteiger partial charge is 0.491 e. The summed E-state index contributed by atoms with van der Waals surface area (Å²) in [5.41, 5.74) is -0.596. The summed E-state index contributed by atoms with van der Waals surface area (Å²) < 4.78 is 6.85. The highest BCUT2D eigenvalue weighted by molar-refractivity contribution is 14.1. The van der Waals surface area contributed by atoms with Crippen LogP contribution in [-0.4, -0.2) is 17.3 Å². The number of hydrogen-bond donors (Lipinski definition) is 1. The van der Waals surface area contributed by atoms with Crippen LogP contribution in [0.15, 0.2) is 24.3 Å². The van der Waals surface area contributed by atoms with Crippen LogP contribution in [-0.2, 0) is 0 Å². The van der Waals surface area contributed by atoms with Gasteiger partial charge in [0, 0.05) is 3.57 Å². The van der Waals surface area contributed by atoms with Crippen LogP contribution in [0.25, 0.3) is 0 Å². The Kier molecular flexibility index (Phi) is 4.08. The molecule has 0 unspecified atom stereocenters. The third-order valence-electron chi connectivity index (χ3n) is 3.11. The van der Waals surface area contributed by atoms with Crippen LogP contribution < -0.4 is 4.74 Å². The Morgan fingerprint density at radius 3 is 2.38 bits per heavy atom. The fourth-order valence-corrected chi connectivity index (χ4v) is 2.46. The lowest BCUT2D eigenvalue weighted by Gasteiger charge is -2.31. The molecule has 1 aliphatic rings. The second kappa shape index (κ2) is 5.36. The van der Waals surface area contributed by atoms with Crippen LogP contribution in [0.1, 0.15) is 32.1 Å². The maximum Gasteiger partial charge on any atom is 0.119 e. The van der Waals surface area contributed by atoms with Crippen molar-refractivity contribution in [3.63, 3.8) is 0 Å². The van der Waals surface area contributed by atoms with Gasteiger partial charge in [-0.3, -0.25) is 0 Å². The van der Waals surface area contributed by atoms with Crippen LogP contribution in [0.5, 0.6) is 5.75 Å². The number of ether oxygens (including phenoxy) is 1. The average Bonchev–Trinajstić information content (AvgIpc) is 2.29. The SMILES string of the molecule is OC1(COc2ccc(I)cc2)CCCCC1. The average molecular weight is 332 g/mol. The Morgan fingerprint density at radius 1 is 1.12 bits per heavy atom. The van der Waals surface area contributed by atoms with E-state index in [0.717, 1.165) is 31.4 Å². The van der Waals surface area contributed by atoms with Crippen LogP contribution in [0.4, 0.5) is 0 Å². The lowest BCUT2D eigenvalue weighted by molar-refractivity contribution is -0.0339. The van der Waals surface area contributed by atoms with Gasteiger partial charge in [0.15, 0.2) is 0 Å². The molecule has 1 fully saturated rings. The first kappa shape index (κ1) is 12.2. The van der Waals surface area contributed by atoms with Gasteiger partial charge < -0.3 is 9.84 Å². The predicted molar refractivity (Wildman–Crippen MR) is 72.7 cm³/mol. The Labute approximate surface area is 110 Å². The van der Waals surface area contributed by atoms with Gasteiger partial charge in [-0.25, -0.2) is 0 Å². The molecule has 0 saturated heterocycles. The highest BCUT2D eigenvalue weighted by Gasteiger charge is 2.29. The zero-order valence-corrected chi connectivity index (χ0v) is 11.4. The van der Waals surface area contributed by atoms with Crippen molar-refractivity contribution in [2.24, 2.45) is 0 Å². The Hall–Kier alpha value is -0.290. The van der Waals surface area contributed by atoms with Gasteiger partial charge in [-0.05, 0) is 59.7 Å². The third-order valence-corrected chi connectivity index (χ3v) is 3.82. The second-order valence-corrected chi connectivity index (χ2v) is 5.77. The van der Waals surface area contributed by atoms with E-state index in [9.17, 15) is 5.11 Å². The molecule has 0 amide bonds. The summed E-state index contributed by atoms with van der Waals surface area (Å²) >= 11 is 2.27. The van der Waals surface area contributed by atoms with Gasteiger partial charge in [-0.15, -0.1) is 0 Å². The molecule has 1 aliphatic carbocycles. The maximum absolute atomic E-state index is 10.3. The molecule has 1 N–H and O–H groups in total. The van der Waals surface area contributed by atoms with Crippen molar-refractivity contribution in [1.82, 2.24) is 0 Å². The molecule has 0 bridgehead atoms. The zero-order valence-electron chi connectivity index (χ0n) is 9.29. The number of hydrogen-bond acceptors (Lipinski definition) is 2. The molecule has 1 saturated carbocycles. The van der Waals surface area contributed by atoms with Crippen molar-refractivity contribution in [2.75, 3.05) is 6.61 Å². The van der Waals surface area contributed by atoms with Crippen LogP contribution in [0.2, 0.25) is 0 Å². The van der Waals surface area contributed by atoms with E-state index in [1.54, 1.807) is 0 Å². The first-order chi connectivity index (χ1) is 7.68. The minimum Gasteiger partial charge on any atom is -0.491 e. The van der Waals surface area contributed by atoms with Gasteiger partial charge in [0.25, 0.3) is 0 Å². The molecule has 1 aromatic carbocycles. The molecular formula is C13H17IO2. The molecule has 0 aromatic heterocycles. The van der Waals surface area contributed by atoms with Crippen molar-refractivity contribution < 1.29 is 9.84 Å². The number of aliphatic hydroxyl groups is 1. The lowest BCUT2D eigenvalue weighted by atomic mass is 9.85. The summed E-state index contributed by atoms with van der Waals surface area (Å²) in [6.45, 7) is 0.424. The van der Waals surface area contributed by atoms with Gasteiger partial charge in [-0.2, -0.15) is 0 Å². The topological polar surface area (TPSA) is 29.5 Å². The molecule has 16 heavy (non-hydrogen) atoms. The number of benzene rings is 1. The van der Waals surface area contributed by atoms with Gasteiger partial charge in [-0.1, -0.05) is 19.3 Å². The van der Waals surface area contributed by atoms with Crippen molar-refractivity contribution in [2.45, 2.75) is 37.7 Å². The fraction of sp³-hybridized carbons (Fsp3) is 0.538. The van der Waals surface area contributed by atoms with Crippen molar-refractivity contribution in [3.05, 3.63) is 27.8 Å². The van der Waals surface area contributed by atoms with E-state index in [0.29, 0.717) is 6.61 Å². The summed E-state index contributed by atoms with van der Waals surface area (Å²) in [7, 11) is 0. The fourth-order valence-electron chi connectivity index (χ4n) is 2.10. The highest BCUT2D eigenvalue weighted by Crippen LogP contribution is 2.28. The quantitative estimate of drug-likeness (QED) is 0.860. The molecule has 0 aliphatic heterocycles. The minimum absolute atomic E-state index is 0.424. The molecule has 2 nitrogen and oxygen atoms in total. The summed E-state index contributed by atoms with van der Waals surface area (Å²) in [6, 6.07) is 7.93. The number of halogens is 1. The standard InChI is InChI=1S/C13H17IO2/c14-11-4-6-12(7-5-11)16-10-13(15)8-2-1-3-9-13/h4-7,15H,1-3,8-10H2. The van der Waals surface area contributed by atoms with E-state index in [1.165, 1.54) is 9.99 Å². The van der Waals surface area contributed by atoms with E-state index >= 15 is 0 Å². The Bertz CT molecular complexity index is 328. The smallest absolute Gasteiger partial charge is 0.119 e.